The second kappa shape index (κ2) is 11.3. The number of ether oxygens (including phenoxy) is 1. The van der Waals surface area contributed by atoms with Gasteiger partial charge in [0.05, 0.1) is 11.5 Å². The summed E-state index contributed by atoms with van der Waals surface area (Å²) in [4.78, 5) is 28.2. The molecule has 1 aliphatic rings. The van der Waals surface area contributed by atoms with Crippen molar-refractivity contribution < 1.29 is 31.5 Å². The normalized spacial score (nSPS) is 14.0. The van der Waals surface area contributed by atoms with E-state index in [-0.39, 0.29) is 16.7 Å². The fourth-order valence-corrected chi connectivity index (χ4v) is 4.02. The Balaban J connectivity index is 0.00000134. The molecule has 0 saturated carbocycles. The molecule has 4 rings (SSSR count). The Kier molecular flexibility index (Phi) is 8.58. The SMILES string of the molecule is CC#N.Cc1nc(N2CCN(C(=O)OC(C)(C)C)CC2)c2cnc(-c3cccc(F)c3C(F)(F)F)c(F)c2n1. The van der Waals surface area contributed by atoms with E-state index in [4.69, 9.17) is 10.00 Å². The number of hydrogen-bond donors (Lipinski definition) is 0. The van der Waals surface area contributed by atoms with Gasteiger partial charge in [-0.1, -0.05) is 12.1 Å². The van der Waals surface area contributed by atoms with Gasteiger partial charge in [-0.15, -0.1) is 0 Å². The Labute approximate surface area is 222 Å². The minimum atomic E-state index is -5.05. The zero-order chi connectivity index (χ0) is 29.1. The Morgan fingerprint density at radius 3 is 2.26 bits per heavy atom. The maximum absolute atomic E-state index is 15.6. The number of amides is 1. The highest BCUT2D eigenvalue weighted by Gasteiger charge is 2.38. The van der Waals surface area contributed by atoms with Gasteiger partial charge in [0.25, 0.3) is 0 Å². The zero-order valence-electron chi connectivity index (χ0n) is 22.0. The first kappa shape index (κ1) is 29.5. The van der Waals surface area contributed by atoms with Gasteiger partial charge in [-0.25, -0.2) is 23.5 Å². The van der Waals surface area contributed by atoms with Crippen LogP contribution in [0.3, 0.4) is 0 Å². The molecular formula is C26H27F5N6O2. The number of rotatable bonds is 2. The number of benzene rings is 1. The lowest BCUT2D eigenvalue weighted by Gasteiger charge is -2.36. The molecule has 1 amide bonds. The highest BCUT2D eigenvalue weighted by Crippen LogP contribution is 2.40. The number of anilines is 1. The van der Waals surface area contributed by atoms with E-state index in [1.165, 1.54) is 20.0 Å². The monoisotopic (exact) mass is 550 g/mol. The Hall–Kier alpha value is -4.08. The number of alkyl halides is 3. The molecule has 3 aromatic rings. The largest absolute Gasteiger partial charge is 0.444 e. The van der Waals surface area contributed by atoms with Crippen molar-refractivity contribution in [2.75, 3.05) is 31.1 Å². The van der Waals surface area contributed by atoms with E-state index in [0.29, 0.717) is 38.1 Å². The van der Waals surface area contributed by atoms with Crippen molar-refractivity contribution in [1.29, 1.82) is 5.26 Å². The quantitative estimate of drug-likeness (QED) is 0.368. The van der Waals surface area contributed by atoms with Crippen LogP contribution >= 0.6 is 0 Å². The lowest BCUT2D eigenvalue weighted by atomic mass is 10.0. The van der Waals surface area contributed by atoms with Crippen molar-refractivity contribution >= 4 is 22.8 Å². The van der Waals surface area contributed by atoms with Gasteiger partial charge in [0.1, 0.15) is 39.8 Å². The Morgan fingerprint density at radius 1 is 1.08 bits per heavy atom. The number of fused-ring (bicyclic) bond motifs is 1. The van der Waals surface area contributed by atoms with Crippen molar-refractivity contribution in [2.45, 2.75) is 46.4 Å². The standard InChI is InChI=1S/C24H24F5N5O2.C2H3N/c1-13-31-20-15(21(32-13)33-8-10-34(11-9-33)22(35)36-23(2,3)4)12-30-19(18(20)26)14-6-5-7-16(25)17(14)24(27,28)29;1-2-3/h5-7,12H,8-11H2,1-4H3;1H3. The Bertz CT molecular complexity index is 1410. The maximum atomic E-state index is 15.6. The molecule has 1 aliphatic heterocycles. The number of aryl methyl sites for hydroxylation is 1. The van der Waals surface area contributed by atoms with Gasteiger partial charge >= 0.3 is 12.3 Å². The lowest BCUT2D eigenvalue weighted by molar-refractivity contribution is -0.139. The van der Waals surface area contributed by atoms with Crippen LogP contribution in [0.15, 0.2) is 24.4 Å². The van der Waals surface area contributed by atoms with E-state index >= 15 is 4.39 Å². The molecule has 3 heterocycles. The highest BCUT2D eigenvalue weighted by molar-refractivity contribution is 5.92. The highest BCUT2D eigenvalue weighted by atomic mass is 19.4. The topological polar surface area (TPSA) is 95.2 Å². The average Bonchev–Trinajstić information content (AvgIpc) is 2.83. The van der Waals surface area contributed by atoms with E-state index in [1.807, 2.05) is 4.90 Å². The number of aromatic nitrogens is 3. The first-order valence-electron chi connectivity index (χ1n) is 11.9. The predicted molar refractivity (Wildman–Crippen MR) is 134 cm³/mol. The molecular weight excluding hydrogens is 523 g/mol. The molecule has 2 aromatic heterocycles. The molecule has 0 spiro atoms. The third-order valence-electron chi connectivity index (χ3n) is 5.56. The molecule has 1 saturated heterocycles. The smallest absolute Gasteiger partial charge is 0.419 e. The van der Waals surface area contributed by atoms with E-state index in [9.17, 15) is 22.4 Å². The summed E-state index contributed by atoms with van der Waals surface area (Å²) in [6.45, 7) is 9.64. The van der Waals surface area contributed by atoms with Crippen LogP contribution in [0.2, 0.25) is 0 Å². The second-order valence-corrected chi connectivity index (χ2v) is 9.62. The fraction of sp³-hybridized carbons (Fsp3) is 0.423. The summed E-state index contributed by atoms with van der Waals surface area (Å²) in [7, 11) is 0. The number of carbonyl (C=O) groups is 1. The number of halogens is 5. The summed E-state index contributed by atoms with van der Waals surface area (Å²) in [5, 5.41) is 7.51. The summed E-state index contributed by atoms with van der Waals surface area (Å²) < 4.78 is 75.7. The van der Waals surface area contributed by atoms with Crippen LogP contribution in [0.1, 0.15) is 39.1 Å². The van der Waals surface area contributed by atoms with Gasteiger partial charge in [0.15, 0.2) is 5.82 Å². The molecule has 1 fully saturated rings. The second-order valence-electron chi connectivity index (χ2n) is 9.62. The van der Waals surface area contributed by atoms with Gasteiger partial charge in [-0.2, -0.15) is 18.4 Å². The molecule has 8 nitrogen and oxygen atoms in total. The van der Waals surface area contributed by atoms with E-state index in [2.05, 4.69) is 15.0 Å². The number of nitrogens with zero attached hydrogens (tertiary/aromatic N) is 6. The summed E-state index contributed by atoms with van der Waals surface area (Å²) in [5.41, 5.74) is -3.84. The van der Waals surface area contributed by atoms with Crippen molar-refractivity contribution in [2.24, 2.45) is 0 Å². The van der Waals surface area contributed by atoms with Crippen molar-refractivity contribution in [3.63, 3.8) is 0 Å². The number of carbonyl (C=O) groups excluding carboxylic acids is 1. The van der Waals surface area contributed by atoms with Crippen LogP contribution in [0.4, 0.5) is 32.6 Å². The third-order valence-corrected chi connectivity index (χ3v) is 5.56. The van der Waals surface area contributed by atoms with Gasteiger partial charge in [0, 0.05) is 44.9 Å². The molecule has 39 heavy (non-hydrogen) atoms. The Morgan fingerprint density at radius 2 is 1.69 bits per heavy atom. The number of hydrogen-bond acceptors (Lipinski definition) is 7. The average molecular weight is 551 g/mol. The lowest BCUT2D eigenvalue weighted by Crippen LogP contribution is -2.50. The van der Waals surface area contributed by atoms with Crippen LogP contribution in [0.5, 0.6) is 0 Å². The fourth-order valence-electron chi connectivity index (χ4n) is 4.02. The van der Waals surface area contributed by atoms with Crippen LogP contribution < -0.4 is 4.90 Å². The molecule has 0 radical (unpaired) electrons. The van der Waals surface area contributed by atoms with E-state index in [0.717, 1.165) is 12.1 Å². The summed E-state index contributed by atoms with van der Waals surface area (Å²) in [6.07, 6.45) is -4.31. The van der Waals surface area contributed by atoms with Crippen LogP contribution in [0.25, 0.3) is 22.2 Å². The van der Waals surface area contributed by atoms with E-state index in [1.54, 1.807) is 31.7 Å². The molecule has 0 N–H and O–H groups in total. The van der Waals surface area contributed by atoms with Crippen LogP contribution in [-0.2, 0) is 10.9 Å². The number of piperazine rings is 1. The summed E-state index contributed by atoms with van der Waals surface area (Å²) >= 11 is 0. The zero-order valence-corrected chi connectivity index (χ0v) is 22.0. The maximum Gasteiger partial charge on any atom is 0.419 e. The molecule has 13 heteroatoms. The van der Waals surface area contributed by atoms with Gasteiger partial charge < -0.3 is 14.5 Å². The molecule has 0 atom stereocenters. The van der Waals surface area contributed by atoms with Gasteiger partial charge in [-0.3, -0.25) is 4.98 Å². The minimum absolute atomic E-state index is 0.192. The van der Waals surface area contributed by atoms with Crippen LogP contribution in [-0.4, -0.2) is 57.7 Å². The van der Waals surface area contributed by atoms with Crippen molar-refractivity contribution in [3.05, 3.63) is 47.4 Å². The number of nitriles is 1. The number of pyridine rings is 1. The first-order chi connectivity index (χ1) is 18.2. The van der Waals surface area contributed by atoms with Gasteiger partial charge in [0.2, 0.25) is 0 Å². The summed E-state index contributed by atoms with van der Waals surface area (Å²) in [5.74, 6) is -2.10. The first-order valence-corrected chi connectivity index (χ1v) is 11.9. The predicted octanol–water partition coefficient (Wildman–Crippen LogP) is 5.88. The molecule has 1 aromatic carbocycles. The summed E-state index contributed by atoms with van der Waals surface area (Å²) in [6, 6.07) is 4.44. The molecule has 0 bridgehead atoms. The van der Waals surface area contributed by atoms with Crippen LogP contribution in [0, 0.1) is 29.9 Å². The molecule has 0 unspecified atom stereocenters. The van der Waals surface area contributed by atoms with E-state index < -0.39 is 46.3 Å². The minimum Gasteiger partial charge on any atom is -0.444 e. The third kappa shape index (κ3) is 6.68. The molecule has 208 valence electrons. The van der Waals surface area contributed by atoms with Gasteiger partial charge in [-0.05, 0) is 33.8 Å². The van der Waals surface area contributed by atoms with Crippen molar-refractivity contribution in [1.82, 2.24) is 19.9 Å². The molecule has 0 aliphatic carbocycles. The van der Waals surface area contributed by atoms with Crippen molar-refractivity contribution in [3.8, 4) is 17.3 Å².